The minimum absolute atomic E-state index is 1.18. The lowest BCUT2D eigenvalue weighted by Gasteiger charge is -2.12. The Hall–Kier alpha value is -4.62. The van der Waals surface area contributed by atoms with Crippen molar-refractivity contribution in [3.8, 4) is 27.9 Å². The molecule has 170 valence electrons. The first kappa shape index (κ1) is 20.7. The second-order valence-corrected chi connectivity index (χ2v) is 9.54. The number of benzene rings is 6. The molecule has 6 aromatic carbocycles. The van der Waals surface area contributed by atoms with E-state index in [9.17, 15) is 0 Å². The lowest BCUT2D eigenvalue weighted by Crippen LogP contribution is -1.94. The summed E-state index contributed by atoms with van der Waals surface area (Å²) in [5.41, 5.74) is 9.86. The Balaban J connectivity index is 1.46. The Morgan fingerprint density at radius 2 is 1.14 bits per heavy atom. The summed E-state index contributed by atoms with van der Waals surface area (Å²) in [6, 6.07) is 48.4. The van der Waals surface area contributed by atoms with Gasteiger partial charge in [0, 0.05) is 16.5 Å². The van der Waals surface area contributed by atoms with Crippen molar-refractivity contribution in [1.29, 1.82) is 0 Å². The van der Waals surface area contributed by atoms with Gasteiger partial charge >= 0.3 is 0 Å². The number of nitrogens with zero attached hydrogens (tertiary/aromatic N) is 1. The Kier molecular flexibility index (Phi) is 4.75. The van der Waals surface area contributed by atoms with Crippen molar-refractivity contribution in [2.24, 2.45) is 0 Å². The SMILES string of the molecule is Cc1cc(-c2ccccc2)cc(-c2cccc(-n3c4ccccc4c4c5ccccc5ccc43)c2)c1. The Morgan fingerprint density at radius 3 is 2.00 bits per heavy atom. The molecule has 0 bridgehead atoms. The highest BCUT2D eigenvalue weighted by Gasteiger charge is 2.15. The molecule has 36 heavy (non-hydrogen) atoms. The predicted octanol–water partition coefficient (Wildman–Crippen LogP) is 9.58. The third-order valence-corrected chi connectivity index (χ3v) is 7.18. The van der Waals surface area contributed by atoms with Gasteiger partial charge in [0.05, 0.1) is 11.0 Å². The average molecular weight is 460 g/mol. The van der Waals surface area contributed by atoms with Gasteiger partial charge in [-0.3, -0.25) is 0 Å². The molecule has 0 spiro atoms. The van der Waals surface area contributed by atoms with Crippen LogP contribution in [-0.4, -0.2) is 4.57 Å². The number of fused-ring (bicyclic) bond motifs is 5. The van der Waals surface area contributed by atoms with Crippen LogP contribution in [0.25, 0.3) is 60.5 Å². The molecule has 1 aromatic heterocycles. The zero-order valence-corrected chi connectivity index (χ0v) is 20.1. The van der Waals surface area contributed by atoms with Gasteiger partial charge in [0.15, 0.2) is 0 Å². The van der Waals surface area contributed by atoms with E-state index in [4.69, 9.17) is 0 Å². The highest BCUT2D eigenvalue weighted by atomic mass is 15.0. The van der Waals surface area contributed by atoms with E-state index in [1.807, 2.05) is 0 Å². The first-order valence-corrected chi connectivity index (χ1v) is 12.5. The monoisotopic (exact) mass is 459 g/mol. The number of rotatable bonds is 3. The van der Waals surface area contributed by atoms with Gasteiger partial charge in [-0.1, -0.05) is 103 Å². The molecule has 1 heterocycles. The molecular weight excluding hydrogens is 434 g/mol. The fourth-order valence-corrected chi connectivity index (χ4v) is 5.59. The van der Waals surface area contributed by atoms with Crippen LogP contribution in [0.1, 0.15) is 5.56 Å². The highest BCUT2D eigenvalue weighted by Crippen LogP contribution is 2.37. The van der Waals surface area contributed by atoms with Gasteiger partial charge in [-0.15, -0.1) is 0 Å². The third-order valence-electron chi connectivity index (χ3n) is 7.18. The molecule has 1 nitrogen and oxygen atoms in total. The van der Waals surface area contributed by atoms with Crippen molar-refractivity contribution in [2.45, 2.75) is 6.92 Å². The summed E-state index contributed by atoms with van der Waals surface area (Å²) in [4.78, 5) is 0. The lowest BCUT2D eigenvalue weighted by molar-refractivity contribution is 1.18. The summed E-state index contributed by atoms with van der Waals surface area (Å²) in [6.07, 6.45) is 0. The van der Waals surface area contributed by atoms with E-state index in [-0.39, 0.29) is 0 Å². The van der Waals surface area contributed by atoms with Crippen molar-refractivity contribution in [3.05, 3.63) is 139 Å². The molecule has 0 unspecified atom stereocenters. The third kappa shape index (κ3) is 3.32. The van der Waals surface area contributed by atoms with E-state index in [0.29, 0.717) is 0 Å². The summed E-state index contributed by atoms with van der Waals surface area (Å²) in [6.45, 7) is 2.18. The Bertz CT molecular complexity index is 1890. The van der Waals surface area contributed by atoms with Crippen LogP contribution >= 0.6 is 0 Å². The van der Waals surface area contributed by atoms with E-state index >= 15 is 0 Å². The number of hydrogen-bond donors (Lipinski definition) is 0. The molecule has 7 rings (SSSR count). The molecule has 0 radical (unpaired) electrons. The number of hydrogen-bond acceptors (Lipinski definition) is 0. The van der Waals surface area contributed by atoms with Gasteiger partial charge in [-0.05, 0) is 75.8 Å². The molecule has 0 amide bonds. The summed E-state index contributed by atoms with van der Waals surface area (Å²) in [5, 5.41) is 5.18. The lowest BCUT2D eigenvalue weighted by atomic mass is 9.96. The van der Waals surface area contributed by atoms with Crippen LogP contribution in [0, 0.1) is 6.92 Å². The van der Waals surface area contributed by atoms with Gasteiger partial charge < -0.3 is 4.57 Å². The Morgan fingerprint density at radius 1 is 0.444 bits per heavy atom. The van der Waals surface area contributed by atoms with Gasteiger partial charge in [0.25, 0.3) is 0 Å². The van der Waals surface area contributed by atoms with E-state index in [1.54, 1.807) is 0 Å². The molecule has 0 aliphatic carbocycles. The zero-order valence-electron chi connectivity index (χ0n) is 20.1. The predicted molar refractivity (Wildman–Crippen MR) is 154 cm³/mol. The van der Waals surface area contributed by atoms with Crippen molar-refractivity contribution >= 4 is 32.6 Å². The summed E-state index contributed by atoms with van der Waals surface area (Å²) < 4.78 is 2.41. The minimum Gasteiger partial charge on any atom is -0.309 e. The quantitative estimate of drug-likeness (QED) is 0.248. The molecule has 0 fully saturated rings. The largest absolute Gasteiger partial charge is 0.309 e. The fourth-order valence-electron chi connectivity index (χ4n) is 5.59. The van der Waals surface area contributed by atoms with Crippen LogP contribution in [0.2, 0.25) is 0 Å². The summed E-state index contributed by atoms with van der Waals surface area (Å²) >= 11 is 0. The summed E-state index contributed by atoms with van der Waals surface area (Å²) in [5.74, 6) is 0. The molecule has 0 saturated carbocycles. The summed E-state index contributed by atoms with van der Waals surface area (Å²) in [7, 11) is 0. The first-order valence-electron chi connectivity index (χ1n) is 12.5. The smallest absolute Gasteiger partial charge is 0.0547 e. The van der Waals surface area contributed by atoms with Crippen molar-refractivity contribution < 1.29 is 0 Å². The van der Waals surface area contributed by atoms with E-state index in [1.165, 1.54) is 66.1 Å². The van der Waals surface area contributed by atoms with E-state index < -0.39 is 0 Å². The second-order valence-electron chi connectivity index (χ2n) is 9.54. The molecule has 7 aromatic rings. The fraction of sp³-hybridized carbons (Fsp3) is 0.0286. The van der Waals surface area contributed by atoms with Crippen LogP contribution in [0.15, 0.2) is 133 Å². The van der Waals surface area contributed by atoms with Crippen LogP contribution in [-0.2, 0) is 0 Å². The van der Waals surface area contributed by atoms with E-state index in [2.05, 4.69) is 145 Å². The van der Waals surface area contributed by atoms with Crippen molar-refractivity contribution in [1.82, 2.24) is 4.57 Å². The van der Waals surface area contributed by atoms with Gasteiger partial charge in [-0.2, -0.15) is 0 Å². The van der Waals surface area contributed by atoms with Crippen LogP contribution in [0.5, 0.6) is 0 Å². The normalized spacial score (nSPS) is 11.5. The van der Waals surface area contributed by atoms with Crippen LogP contribution in [0.3, 0.4) is 0 Å². The highest BCUT2D eigenvalue weighted by molar-refractivity contribution is 6.21. The maximum Gasteiger partial charge on any atom is 0.0547 e. The van der Waals surface area contributed by atoms with Crippen LogP contribution in [0.4, 0.5) is 0 Å². The standard InChI is InChI=1S/C35H25N/c1-24-20-28(25-10-3-2-4-11-25)22-29(21-24)27-13-9-14-30(23-27)36-33-17-8-7-16-32(33)35-31-15-6-5-12-26(31)18-19-34(35)36/h2-23H,1H3. The molecule has 0 N–H and O–H groups in total. The maximum atomic E-state index is 2.41. The van der Waals surface area contributed by atoms with E-state index in [0.717, 1.165) is 0 Å². The maximum absolute atomic E-state index is 2.41. The molecule has 0 atom stereocenters. The number of aromatic nitrogens is 1. The number of aryl methyl sites for hydroxylation is 1. The first-order chi connectivity index (χ1) is 17.8. The second kappa shape index (κ2) is 8.25. The zero-order chi connectivity index (χ0) is 24.1. The van der Waals surface area contributed by atoms with Crippen molar-refractivity contribution in [3.63, 3.8) is 0 Å². The average Bonchev–Trinajstić information content (AvgIpc) is 3.28. The molecule has 1 heteroatoms. The Labute approximate surface area is 210 Å². The molecule has 0 saturated heterocycles. The van der Waals surface area contributed by atoms with Crippen LogP contribution < -0.4 is 0 Å². The van der Waals surface area contributed by atoms with Gasteiger partial charge in [-0.25, -0.2) is 0 Å². The van der Waals surface area contributed by atoms with Crippen molar-refractivity contribution in [2.75, 3.05) is 0 Å². The van der Waals surface area contributed by atoms with Gasteiger partial charge in [0.2, 0.25) is 0 Å². The molecular formula is C35H25N. The number of para-hydroxylation sites is 1. The molecule has 0 aliphatic heterocycles. The topological polar surface area (TPSA) is 4.93 Å². The molecule has 0 aliphatic rings. The minimum atomic E-state index is 1.18. The van der Waals surface area contributed by atoms with Gasteiger partial charge in [0.1, 0.15) is 0 Å².